The molecule has 2 amide bonds. The summed E-state index contributed by atoms with van der Waals surface area (Å²) in [6.45, 7) is 12.5. The maximum atomic E-state index is 14.6. The van der Waals surface area contributed by atoms with Gasteiger partial charge in [-0.1, -0.05) is 96.0 Å². The lowest BCUT2D eigenvalue weighted by Crippen LogP contribution is -2.42. The number of H-pyrrole nitrogens is 1. The Kier molecular flexibility index (Phi) is 13.8. The van der Waals surface area contributed by atoms with Gasteiger partial charge in [-0.05, 0) is 119 Å². The molecular weight excluding hydrogens is 763 g/mol. The number of carbonyl (C=O) groups is 2. The third-order valence-electron chi connectivity index (χ3n) is 10.7. The molecule has 7 rings (SSSR count). The Labute approximate surface area is 345 Å². The van der Waals surface area contributed by atoms with E-state index in [2.05, 4.69) is 43.9 Å². The Bertz CT molecular complexity index is 2190. The molecule has 2 fully saturated rings. The van der Waals surface area contributed by atoms with Crippen LogP contribution < -0.4 is 15.5 Å². The molecule has 3 N–H and O–H groups in total. The number of hydrogen-bond donors (Lipinski definition) is 3. The number of piperidine rings is 1. The van der Waals surface area contributed by atoms with E-state index in [0.29, 0.717) is 32.0 Å². The molecule has 3 heterocycles. The Morgan fingerprint density at radius 3 is 2.21 bits per heavy atom. The van der Waals surface area contributed by atoms with E-state index in [1.54, 1.807) is 12.3 Å². The quantitative estimate of drug-likeness (QED) is 0.116. The number of amides is 2. The molecule has 1 unspecified atom stereocenters. The minimum atomic E-state index is -0.308. The zero-order valence-electron chi connectivity index (χ0n) is 32.1. The average Bonchev–Trinajstić information content (AvgIpc) is 3.84. The van der Waals surface area contributed by atoms with Crippen LogP contribution in [0.1, 0.15) is 72.8 Å². The van der Waals surface area contributed by atoms with Crippen LogP contribution in [0.4, 0.5) is 11.4 Å². The van der Waals surface area contributed by atoms with Crippen molar-refractivity contribution >= 4 is 80.7 Å². The molecule has 0 saturated carbocycles. The second-order valence-corrected chi connectivity index (χ2v) is 15.6. The second-order valence-electron chi connectivity index (χ2n) is 14.4. The van der Waals surface area contributed by atoms with E-state index in [4.69, 9.17) is 34.8 Å². The molecule has 0 spiro atoms. The topological polar surface area (TPSA) is 83.7 Å². The summed E-state index contributed by atoms with van der Waals surface area (Å²) in [5, 5.41) is 8.56. The summed E-state index contributed by atoms with van der Waals surface area (Å²) in [5.41, 5.74) is 6.94. The Morgan fingerprint density at radius 1 is 0.911 bits per heavy atom. The van der Waals surface area contributed by atoms with Crippen molar-refractivity contribution in [2.75, 3.05) is 43.4 Å². The molecule has 0 aliphatic carbocycles. The standard InChI is InChI=1S/C40H38Cl3N5O2.C5H11N/c1-4-48(26(3)31-16-14-28(41)22-33(31)43)39(25(2)27-10-6-5-7-11-27)37-32-17-15-29(42)23-35(32)45-38(37)40(50)46-34-12-8-9-13-36(34)47-20-18-30(19-21-47)44-24-49;1-6-4-2-3-5-6/h4-17,22-24,26,30,45H,1,18-21H2,2-3H3,(H,44,49)(H,46,50);2-5H2,1H3/b39-25+;. The number of nitrogens with one attached hydrogen (secondary N) is 3. The number of rotatable bonds is 11. The van der Waals surface area contributed by atoms with Gasteiger partial charge in [0.2, 0.25) is 6.41 Å². The first-order valence-electron chi connectivity index (χ1n) is 19.1. The van der Waals surface area contributed by atoms with Crippen molar-refractivity contribution in [3.05, 3.63) is 141 Å². The third-order valence-corrected chi connectivity index (χ3v) is 11.5. The number of halogens is 3. The van der Waals surface area contributed by atoms with Gasteiger partial charge in [-0.2, -0.15) is 0 Å². The molecule has 0 bridgehead atoms. The lowest BCUT2D eigenvalue weighted by atomic mass is 9.95. The zero-order valence-corrected chi connectivity index (χ0v) is 34.4. The van der Waals surface area contributed by atoms with Crippen LogP contribution in [0.15, 0.2) is 104 Å². The number of nitrogens with zero attached hydrogens (tertiary/aromatic N) is 3. The molecular formula is C45H49Cl3N6O2. The van der Waals surface area contributed by atoms with Gasteiger partial charge in [-0.15, -0.1) is 0 Å². The summed E-state index contributed by atoms with van der Waals surface area (Å²) >= 11 is 19.6. The minimum Gasteiger partial charge on any atom is -0.370 e. The van der Waals surface area contributed by atoms with Crippen LogP contribution in [-0.2, 0) is 4.79 Å². The maximum Gasteiger partial charge on any atom is 0.272 e. The van der Waals surface area contributed by atoms with Gasteiger partial charge in [0.1, 0.15) is 5.69 Å². The molecule has 8 nitrogen and oxygen atoms in total. The van der Waals surface area contributed by atoms with Gasteiger partial charge in [-0.3, -0.25) is 9.59 Å². The lowest BCUT2D eigenvalue weighted by Gasteiger charge is -2.34. The Hall–Kier alpha value is -4.73. The predicted octanol–water partition coefficient (Wildman–Crippen LogP) is 10.9. The summed E-state index contributed by atoms with van der Waals surface area (Å²) in [4.78, 5) is 35.7. The maximum absolute atomic E-state index is 14.6. The van der Waals surface area contributed by atoms with E-state index in [9.17, 15) is 9.59 Å². The van der Waals surface area contributed by atoms with Gasteiger partial charge in [-0.25, -0.2) is 0 Å². The van der Waals surface area contributed by atoms with Crippen molar-refractivity contribution in [2.45, 2.75) is 51.6 Å². The molecule has 56 heavy (non-hydrogen) atoms. The highest BCUT2D eigenvalue weighted by Gasteiger charge is 2.30. The number of hydrogen-bond acceptors (Lipinski definition) is 5. The highest BCUT2D eigenvalue weighted by Crippen LogP contribution is 2.42. The SMILES string of the molecule is C=CN(/C(=C(\C)c1ccccc1)c1c(C(=O)Nc2ccccc2N2CCC(NC=O)CC2)[nH]c2cc(Cl)ccc12)C(C)c1ccc(Cl)cc1Cl.CN1CCCC1. The first kappa shape index (κ1) is 40.9. The van der Waals surface area contributed by atoms with Gasteiger partial charge >= 0.3 is 0 Å². The Morgan fingerprint density at radius 2 is 1.57 bits per heavy atom. The van der Waals surface area contributed by atoms with Crippen LogP contribution >= 0.6 is 34.8 Å². The lowest BCUT2D eigenvalue weighted by molar-refractivity contribution is -0.110. The van der Waals surface area contributed by atoms with E-state index in [-0.39, 0.29) is 18.0 Å². The minimum absolute atomic E-state index is 0.141. The van der Waals surface area contributed by atoms with E-state index in [0.717, 1.165) is 71.3 Å². The fraction of sp³-hybridized carbons (Fsp3) is 0.289. The number of aromatic amines is 1. The number of benzene rings is 4. The first-order valence-corrected chi connectivity index (χ1v) is 20.2. The number of anilines is 2. The number of carbonyl (C=O) groups excluding carboxylic acids is 2. The van der Waals surface area contributed by atoms with E-state index >= 15 is 0 Å². The van der Waals surface area contributed by atoms with Crippen LogP contribution in [0.25, 0.3) is 22.2 Å². The summed E-state index contributed by atoms with van der Waals surface area (Å²) in [5.74, 6) is -0.308. The van der Waals surface area contributed by atoms with Crippen LogP contribution in [0.5, 0.6) is 0 Å². The number of para-hydroxylation sites is 2. The van der Waals surface area contributed by atoms with Gasteiger partial charge in [0, 0.05) is 50.7 Å². The monoisotopic (exact) mass is 810 g/mol. The van der Waals surface area contributed by atoms with E-state index in [1.807, 2.05) is 98.8 Å². The van der Waals surface area contributed by atoms with Crippen molar-refractivity contribution in [3.63, 3.8) is 0 Å². The van der Waals surface area contributed by atoms with Crippen molar-refractivity contribution in [1.82, 2.24) is 20.1 Å². The molecule has 1 aromatic heterocycles. The number of allylic oxidation sites excluding steroid dienone is 1. The fourth-order valence-electron chi connectivity index (χ4n) is 7.65. The number of aromatic nitrogens is 1. The summed E-state index contributed by atoms with van der Waals surface area (Å²) < 4.78 is 0. The molecule has 292 valence electrons. The molecule has 2 saturated heterocycles. The van der Waals surface area contributed by atoms with Crippen LogP contribution in [0, 0.1) is 0 Å². The van der Waals surface area contributed by atoms with E-state index in [1.165, 1.54) is 25.9 Å². The summed E-state index contributed by atoms with van der Waals surface area (Å²) in [6.07, 6.45) is 6.99. The number of fused-ring (bicyclic) bond motifs is 1. The van der Waals surface area contributed by atoms with Crippen molar-refractivity contribution in [3.8, 4) is 0 Å². The Balaban J connectivity index is 0.000000809. The van der Waals surface area contributed by atoms with Crippen LogP contribution in [-0.4, -0.2) is 66.4 Å². The summed E-state index contributed by atoms with van der Waals surface area (Å²) in [6, 6.07) is 28.8. The van der Waals surface area contributed by atoms with Gasteiger partial charge in [0.05, 0.1) is 23.1 Å². The van der Waals surface area contributed by atoms with Gasteiger partial charge in [0.25, 0.3) is 5.91 Å². The predicted molar refractivity (Wildman–Crippen MR) is 235 cm³/mol. The molecule has 2 aliphatic heterocycles. The largest absolute Gasteiger partial charge is 0.370 e. The van der Waals surface area contributed by atoms with Crippen LogP contribution in [0.3, 0.4) is 0 Å². The highest BCUT2D eigenvalue weighted by molar-refractivity contribution is 6.35. The van der Waals surface area contributed by atoms with Crippen molar-refractivity contribution in [1.29, 1.82) is 0 Å². The fourth-order valence-corrected chi connectivity index (χ4v) is 8.39. The van der Waals surface area contributed by atoms with Gasteiger partial charge in [0.15, 0.2) is 0 Å². The van der Waals surface area contributed by atoms with Crippen LogP contribution in [0.2, 0.25) is 15.1 Å². The normalized spacial score (nSPS) is 15.7. The highest BCUT2D eigenvalue weighted by atomic mass is 35.5. The summed E-state index contributed by atoms with van der Waals surface area (Å²) in [7, 11) is 2.17. The molecule has 5 aromatic rings. The van der Waals surface area contributed by atoms with Crippen molar-refractivity contribution in [2.24, 2.45) is 0 Å². The first-order chi connectivity index (χ1) is 27.1. The average molecular weight is 812 g/mol. The molecule has 4 aromatic carbocycles. The zero-order chi connectivity index (χ0) is 39.8. The van der Waals surface area contributed by atoms with Crippen molar-refractivity contribution < 1.29 is 9.59 Å². The smallest absolute Gasteiger partial charge is 0.272 e. The molecule has 1 atom stereocenters. The van der Waals surface area contributed by atoms with Gasteiger partial charge < -0.3 is 30.3 Å². The molecule has 2 aliphatic rings. The van der Waals surface area contributed by atoms with E-state index < -0.39 is 0 Å². The number of likely N-dealkylation sites (tertiary alicyclic amines) is 1. The second kappa shape index (κ2) is 18.9. The molecule has 11 heteroatoms. The third kappa shape index (κ3) is 9.44. The molecule has 0 radical (unpaired) electrons.